The Labute approximate surface area is 118 Å². The third kappa shape index (κ3) is 2.22. The number of aromatic nitrogens is 2. The molecule has 0 atom stereocenters. The molecule has 0 N–H and O–H groups in total. The lowest BCUT2D eigenvalue weighted by atomic mass is 10.1. The molecule has 2 aromatic heterocycles. The summed E-state index contributed by atoms with van der Waals surface area (Å²) in [4.78, 5) is 14.6. The molecule has 0 spiro atoms. The van der Waals surface area contributed by atoms with Gasteiger partial charge in [0, 0.05) is 24.4 Å². The predicted octanol–water partition coefficient (Wildman–Crippen LogP) is 3.86. The molecule has 0 aromatic carbocycles. The van der Waals surface area contributed by atoms with E-state index in [2.05, 4.69) is 25.7 Å². The average molecular weight is 275 g/mol. The van der Waals surface area contributed by atoms with E-state index in [0.29, 0.717) is 0 Å². The van der Waals surface area contributed by atoms with Crippen LogP contribution in [0, 0.1) is 13.8 Å². The maximum absolute atomic E-state index is 4.84. The lowest BCUT2D eigenvalue weighted by Crippen LogP contribution is -2.30. The molecule has 3 heterocycles. The monoisotopic (exact) mass is 275 g/mol. The molecule has 0 bridgehead atoms. The van der Waals surface area contributed by atoms with Gasteiger partial charge < -0.3 is 4.90 Å². The van der Waals surface area contributed by atoms with Gasteiger partial charge in [0.15, 0.2) is 0 Å². The van der Waals surface area contributed by atoms with Gasteiger partial charge in [-0.25, -0.2) is 9.97 Å². The lowest BCUT2D eigenvalue weighted by Gasteiger charge is -2.28. The highest BCUT2D eigenvalue weighted by Gasteiger charge is 2.20. The number of hydrogen-bond donors (Lipinski definition) is 0. The normalized spacial score (nSPS) is 16.3. The zero-order valence-electron chi connectivity index (χ0n) is 12.0. The molecule has 19 heavy (non-hydrogen) atoms. The first-order valence-electron chi connectivity index (χ1n) is 7.22. The predicted molar refractivity (Wildman–Crippen MR) is 82.3 cm³/mol. The highest BCUT2D eigenvalue weighted by atomic mass is 32.1. The number of aryl methyl sites for hydroxylation is 3. The Hall–Kier alpha value is -1.16. The van der Waals surface area contributed by atoms with Gasteiger partial charge in [-0.05, 0) is 38.7 Å². The molecule has 102 valence electrons. The first-order valence-corrected chi connectivity index (χ1v) is 8.04. The molecule has 0 unspecified atom stereocenters. The molecule has 0 aliphatic carbocycles. The van der Waals surface area contributed by atoms with Gasteiger partial charge in [0.2, 0.25) is 0 Å². The second-order valence-corrected chi connectivity index (χ2v) is 6.53. The van der Waals surface area contributed by atoms with Crippen LogP contribution < -0.4 is 4.90 Å². The van der Waals surface area contributed by atoms with Crippen molar-refractivity contribution in [2.45, 2.75) is 46.5 Å². The third-order valence-corrected chi connectivity index (χ3v) is 5.13. The van der Waals surface area contributed by atoms with Crippen molar-refractivity contribution in [3.63, 3.8) is 0 Å². The maximum Gasteiger partial charge on any atom is 0.141 e. The van der Waals surface area contributed by atoms with E-state index in [9.17, 15) is 0 Å². The van der Waals surface area contributed by atoms with Gasteiger partial charge >= 0.3 is 0 Å². The Balaban J connectivity index is 2.19. The number of hydrogen-bond acceptors (Lipinski definition) is 4. The Morgan fingerprint density at radius 3 is 2.53 bits per heavy atom. The minimum Gasteiger partial charge on any atom is -0.356 e. The molecular weight excluding hydrogens is 254 g/mol. The van der Waals surface area contributed by atoms with Crippen molar-refractivity contribution in [2.24, 2.45) is 0 Å². The number of fused-ring (bicyclic) bond motifs is 1. The molecule has 3 rings (SSSR count). The Kier molecular flexibility index (Phi) is 3.44. The molecule has 2 aromatic rings. The van der Waals surface area contributed by atoms with E-state index >= 15 is 0 Å². The zero-order chi connectivity index (χ0) is 13.4. The third-order valence-electron chi connectivity index (χ3n) is 4.03. The van der Waals surface area contributed by atoms with E-state index < -0.39 is 0 Å². The fourth-order valence-electron chi connectivity index (χ4n) is 2.76. The van der Waals surface area contributed by atoms with Crippen LogP contribution in [-0.2, 0) is 6.42 Å². The summed E-state index contributed by atoms with van der Waals surface area (Å²) < 4.78 is 0. The van der Waals surface area contributed by atoms with Gasteiger partial charge in [-0.3, -0.25) is 0 Å². The Morgan fingerprint density at radius 1 is 1.11 bits per heavy atom. The summed E-state index contributed by atoms with van der Waals surface area (Å²) in [5.41, 5.74) is 1.36. The van der Waals surface area contributed by atoms with Crippen molar-refractivity contribution >= 4 is 27.4 Å². The van der Waals surface area contributed by atoms with Crippen LogP contribution in [-0.4, -0.2) is 23.1 Å². The van der Waals surface area contributed by atoms with Crippen LogP contribution in [0.25, 0.3) is 10.2 Å². The topological polar surface area (TPSA) is 29.0 Å². The molecule has 1 aliphatic heterocycles. The van der Waals surface area contributed by atoms with E-state index in [0.717, 1.165) is 25.3 Å². The largest absolute Gasteiger partial charge is 0.356 e. The molecule has 0 saturated carbocycles. The summed E-state index contributed by atoms with van der Waals surface area (Å²) in [7, 11) is 0. The van der Waals surface area contributed by atoms with Crippen molar-refractivity contribution in [3.8, 4) is 0 Å². The molecule has 1 saturated heterocycles. The first kappa shape index (κ1) is 12.9. The Morgan fingerprint density at radius 2 is 1.84 bits per heavy atom. The number of thiophene rings is 1. The molecule has 3 nitrogen and oxygen atoms in total. The second kappa shape index (κ2) is 5.08. The summed E-state index contributed by atoms with van der Waals surface area (Å²) in [6, 6.07) is 0. The van der Waals surface area contributed by atoms with Gasteiger partial charge in [-0.15, -0.1) is 11.3 Å². The van der Waals surface area contributed by atoms with Crippen LogP contribution in [0.2, 0.25) is 0 Å². The molecule has 1 fully saturated rings. The van der Waals surface area contributed by atoms with Crippen molar-refractivity contribution in [3.05, 3.63) is 16.3 Å². The van der Waals surface area contributed by atoms with Crippen LogP contribution in [0.3, 0.4) is 0 Å². The minimum absolute atomic E-state index is 0.909. The number of piperidine rings is 1. The highest BCUT2D eigenvalue weighted by molar-refractivity contribution is 7.18. The average Bonchev–Trinajstić information content (AvgIpc) is 2.74. The van der Waals surface area contributed by atoms with E-state index in [-0.39, 0.29) is 0 Å². The number of anilines is 1. The van der Waals surface area contributed by atoms with Crippen molar-refractivity contribution in [1.29, 1.82) is 0 Å². The number of rotatable bonds is 2. The van der Waals surface area contributed by atoms with Gasteiger partial charge in [0.05, 0.1) is 5.39 Å². The van der Waals surface area contributed by atoms with E-state index in [1.165, 1.54) is 45.7 Å². The SMILES string of the molecule is CCc1nc(N2CCCCC2)c2c(C)c(C)sc2n1. The van der Waals surface area contributed by atoms with Gasteiger partial charge in [-0.2, -0.15) is 0 Å². The Bertz CT molecular complexity index is 597. The summed E-state index contributed by atoms with van der Waals surface area (Å²) in [6.45, 7) is 8.81. The molecule has 0 radical (unpaired) electrons. The number of nitrogens with zero attached hydrogens (tertiary/aromatic N) is 3. The lowest BCUT2D eigenvalue weighted by molar-refractivity contribution is 0.574. The van der Waals surface area contributed by atoms with Crippen LogP contribution >= 0.6 is 11.3 Å². The van der Waals surface area contributed by atoms with Crippen LogP contribution in [0.15, 0.2) is 0 Å². The fourth-order valence-corrected chi connectivity index (χ4v) is 3.81. The molecule has 1 aliphatic rings. The summed E-state index contributed by atoms with van der Waals surface area (Å²) >= 11 is 1.81. The summed E-state index contributed by atoms with van der Waals surface area (Å²) in [6.07, 6.45) is 4.84. The van der Waals surface area contributed by atoms with Crippen molar-refractivity contribution < 1.29 is 0 Å². The summed E-state index contributed by atoms with van der Waals surface area (Å²) in [5, 5.41) is 1.29. The van der Waals surface area contributed by atoms with Gasteiger partial charge in [0.25, 0.3) is 0 Å². The molecule has 4 heteroatoms. The highest BCUT2D eigenvalue weighted by Crippen LogP contribution is 2.35. The van der Waals surface area contributed by atoms with E-state index in [4.69, 9.17) is 9.97 Å². The zero-order valence-corrected chi connectivity index (χ0v) is 12.8. The fraction of sp³-hybridized carbons (Fsp3) is 0.600. The van der Waals surface area contributed by atoms with Crippen LogP contribution in [0.4, 0.5) is 5.82 Å². The first-order chi connectivity index (χ1) is 9.20. The van der Waals surface area contributed by atoms with E-state index in [1.54, 1.807) is 0 Å². The van der Waals surface area contributed by atoms with Gasteiger partial charge in [-0.1, -0.05) is 6.92 Å². The van der Waals surface area contributed by atoms with E-state index in [1.807, 2.05) is 11.3 Å². The molecular formula is C15H21N3S. The minimum atomic E-state index is 0.909. The van der Waals surface area contributed by atoms with Crippen molar-refractivity contribution in [1.82, 2.24) is 9.97 Å². The van der Waals surface area contributed by atoms with Crippen molar-refractivity contribution in [2.75, 3.05) is 18.0 Å². The quantitative estimate of drug-likeness (QED) is 0.833. The van der Waals surface area contributed by atoms with Gasteiger partial charge in [0.1, 0.15) is 16.5 Å². The standard InChI is InChI=1S/C15H21N3S/c1-4-12-16-14(18-8-6-5-7-9-18)13-10(2)11(3)19-15(13)17-12/h4-9H2,1-3H3. The smallest absolute Gasteiger partial charge is 0.141 e. The second-order valence-electron chi connectivity index (χ2n) is 5.33. The molecule has 0 amide bonds. The van der Waals surface area contributed by atoms with Crippen LogP contribution in [0.5, 0.6) is 0 Å². The van der Waals surface area contributed by atoms with Crippen LogP contribution in [0.1, 0.15) is 42.5 Å². The maximum atomic E-state index is 4.84. The summed E-state index contributed by atoms with van der Waals surface area (Å²) in [5.74, 6) is 2.16.